The molecule has 1 saturated heterocycles. The van der Waals surface area contributed by atoms with Gasteiger partial charge in [-0.15, -0.1) is 0 Å². The number of hydrogen-bond acceptors (Lipinski definition) is 18. The molecular formula is C63H73FN2O17. The van der Waals surface area contributed by atoms with Crippen LogP contribution >= 0.6 is 0 Å². The predicted molar refractivity (Wildman–Crippen MR) is 295 cm³/mol. The second kappa shape index (κ2) is 25.6. The summed E-state index contributed by atoms with van der Waals surface area (Å²) in [6.07, 6.45) is -17.3. The van der Waals surface area contributed by atoms with Crippen molar-refractivity contribution >= 4 is 41.7 Å². The average Bonchev–Trinajstić information content (AvgIpc) is 0.734. The number of carbonyl (C=O) groups is 7. The zero-order valence-corrected chi connectivity index (χ0v) is 47.8. The number of esters is 4. The first-order chi connectivity index (χ1) is 39.5. The monoisotopic (exact) mass is 1150 g/mol. The maximum atomic E-state index is 16.4. The van der Waals surface area contributed by atoms with Crippen molar-refractivity contribution in [1.29, 1.82) is 0 Å². The van der Waals surface area contributed by atoms with Gasteiger partial charge in [0.15, 0.2) is 36.1 Å². The first-order valence-electron chi connectivity index (χ1n) is 27.9. The predicted octanol–water partition coefficient (Wildman–Crippen LogP) is 7.51. The van der Waals surface area contributed by atoms with Gasteiger partial charge in [-0.3, -0.25) is 19.2 Å². The molecule has 8 rings (SSSR count). The molecule has 13 atom stereocenters. The number of amides is 1. The van der Waals surface area contributed by atoms with Gasteiger partial charge < -0.3 is 58.3 Å². The van der Waals surface area contributed by atoms with E-state index in [1.54, 1.807) is 97.1 Å². The van der Waals surface area contributed by atoms with E-state index in [4.69, 9.17) is 37.9 Å². The Bertz CT molecular complexity index is 3020. The molecule has 0 aromatic heterocycles. The average molecular weight is 1150 g/mol. The van der Waals surface area contributed by atoms with Crippen LogP contribution in [0.5, 0.6) is 0 Å². The lowest BCUT2D eigenvalue weighted by atomic mass is 9.44. The van der Waals surface area contributed by atoms with E-state index in [-0.39, 0.29) is 53.8 Å². The molecule has 2 bridgehead atoms. The Hall–Kier alpha value is -7.36. The molecule has 19 nitrogen and oxygen atoms in total. The van der Waals surface area contributed by atoms with E-state index in [0.717, 1.165) is 13.8 Å². The minimum atomic E-state index is -2.59. The Morgan fingerprint density at radius 3 is 1.95 bits per heavy atom. The zero-order valence-electron chi connectivity index (χ0n) is 47.8. The lowest BCUT2D eigenvalue weighted by Crippen LogP contribution is -2.82. The van der Waals surface area contributed by atoms with Crippen LogP contribution in [-0.2, 0) is 63.7 Å². The summed E-state index contributed by atoms with van der Waals surface area (Å²) in [5, 5.41) is 28.7. The lowest BCUT2D eigenvalue weighted by Gasteiger charge is -2.67. The fourth-order valence-corrected chi connectivity index (χ4v) is 12.5. The molecule has 3 fully saturated rings. The van der Waals surface area contributed by atoms with Crippen LogP contribution in [0.25, 0.3) is 0 Å². The second-order valence-corrected chi connectivity index (χ2v) is 22.3. The van der Waals surface area contributed by atoms with Crippen LogP contribution in [0.3, 0.4) is 0 Å². The molecule has 83 heavy (non-hydrogen) atoms. The molecule has 3 aliphatic carbocycles. The van der Waals surface area contributed by atoms with Crippen molar-refractivity contribution in [3.63, 3.8) is 0 Å². The van der Waals surface area contributed by atoms with Gasteiger partial charge in [0, 0.05) is 44.2 Å². The third-order valence-electron chi connectivity index (χ3n) is 17.1. The molecule has 0 radical (unpaired) electrons. The van der Waals surface area contributed by atoms with E-state index >= 15 is 14.0 Å². The highest BCUT2D eigenvalue weighted by Gasteiger charge is 2.79. The van der Waals surface area contributed by atoms with Gasteiger partial charge in [0.05, 0.1) is 29.5 Å². The summed E-state index contributed by atoms with van der Waals surface area (Å²) in [5.74, 6) is -7.53. The van der Waals surface area contributed by atoms with E-state index in [9.17, 15) is 34.2 Å². The van der Waals surface area contributed by atoms with E-state index in [1.807, 2.05) is 18.7 Å². The number of Topliss-reactive ketones (excluding diaryl/α,β-unsaturated/α-hetero) is 1. The van der Waals surface area contributed by atoms with E-state index in [1.165, 1.54) is 52.0 Å². The smallest absolute Gasteiger partial charge is 0.456 e. The number of alkyl halides is 1. The Morgan fingerprint density at radius 2 is 1.39 bits per heavy atom. The zero-order chi connectivity index (χ0) is 60.0. The third-order valence-corrected chi connectivity index (χ3v) is 17.1. The minimum Gasteiger partial charge on any atom is -0.456 e. The maximum Gasteiger partial charge on any atom is 0.508 e. The summed E-state index contributed by atoms with van der Waals surface area (Å²) in [5.41, 5.74) is -7.62. The molecule has 20 heteroatoms. The standard InChI is InChI=1S/C63H73FN2O17/c1-9-66(10-2)32-31-44(64)57(72)81-51(49(41-25-17-12-18-26-41)65-55(70)42-27-19-13-20-28-42)58(73)79-45-34-63(75)54(82-56(71)43-29-21-14-22-30-43)52-61(8,53(69)50(78-38(4)67)48(37(45)3)60(63,6)7)46(33-47-62(52,36-77-47)83-39(5)68)80-59(74)76-35-40-23-15-11-16-24-40/h11-30,44-47,49-52,54,57,72,75H,9-10,31-36H2,1-8H3,(H,65,70)/t44-,45-,46-,47+,49-,50+,51+,52-,54-,57?,61+,62-,63+/m0/s1. The summed E-state index contributed by atoms with van der Waals surface area (Å²) >= 11 is 0. The van der Waals surface area contributed by atoms with Crippen LogP contribution in [0.4, 0.5) is 9.18 Å². The number of nitrogens with one attached hydrogen (secondary N) is 1. The van der Waals surface area contributed by atoms with Gasteiger partial charge in [-0.1, -0.05) is 125 Å². The van der Waals surface area contributed by atoms with Crippen molar-refractivity contribution in [3.05, 3.63) is 155 Å². The highest BCUT2D eigenvalue weighted by molar-refractivity contribution is 5.96. The number of ketones is 1. The Morgan fingerprint density at radius 1 is 0.795 bits per heavy atom. The number of ether oxygens (including phenoxy) is 8. The molecule has 1 aliphatic heterocycles. The van der Waals surface area contributed by atoms with Gasteiger partial charge >= 0.3 is 30.0 Å². The van der Waals surface area contributed by atoms with E-state index in [0.29, 0.717) is 18.7 Å². The molecule has 2 saturated carbocycles. The van der Waals surface area contributed by atoms with Crippen LogP contribution in [0.15, 0.2) is 132 Å². The number of aliphatic hydroxyl groups is 2. The van der Waals surface area contributed by atoms with Crippen molar-refractivity contribution < 1.29 is 86.1 Å². The molecule has 0 spiro atoms. The highest BCUT2D eigenvalue weighted by Crippen LogP contribution is 2.65. The molecule has 4 aliphatic rings. The fraction of sp³-hybridized carbons (Fsp3) is 0.476. The molecule has 1 unspecified atom stereocenters. The van der Waals surface area contributed by atoms with E-state index in [2.05, 4.69) is 5.32 Å². The third kappa shape index (κ3) is 12.5. The lowest BCUT2D eigenvalue weighted by molar-refractivity contribution is -0.346. The topological polar surface area (TPSA) is 249 Å². The summed E-state index contributed by atoms with van der Waals surface area (Å²) in [6.45, 7) is 12.6. The number of hydrogen-bond donors (Lipinski definition) is 3. The van der Waals surface area contributed by atoms with Crippen LogP contribution < -0.4 is 5.32 Å². The number of halogens is 1. The van der Waals surface area contributed by atoms with Crippen molar-refractivity contribution in [3.8, 4) is 0 Å². The number of aliphatic hydroxyl groups excluding tert-OH is 1. The summed E-state index contributed by atoms with van der Waals surface area (Å²) < 4.78 is 65.6. The number of carbonyl (C=O) groups excluding carboxylic acids is 7. The molecule has 4 aromatic rings. The quantitative estimate of drug-likeness (QED) is 0.0316. The van der Waals surface area contributed by atoms with Crippen molar-refractivity contribution in [2.75, 3.05) is 26.2 Å². The minimum absolute atomic E-state index is 0.00474. The largest absolute Gasteiger partial charge is 0.508 e. The SMILES string of the molecule is CCN(CC)CC[C@H](F)C(O)O[C@@H](C(=O)O[C@H]1C[C@@]2(O)[C@@H](OC(=O)c3ccccc3)[C@@H]3[C@]4(OC(C)=O)CO[C@@H]4C[C@H](OC(=O)OCc4ccccc4)[C@@]3(C)C(=O)[C@H](OC(C)=O)C(=C1C)C2(C)C)[C@@H](NC(=O)c1ccccc1)c1ccccc1. The number of nitrogens with zero attached hydrogens (tertiary/aromatic N) is 1. The van der Waals surface area contributed by atoms with Gasteiger partial charge in [0.1, 0.15) is 36.6 Å². The maximum absolute atomic E-state index is 16.4. The van der Waals surface area contributed by atoms with E-state index < -0.39 is 138 Å². The Labute approximate surface area is 481 Å². The first-order valence-corrected chi connectivity index (χ1v) is 27.9. The Balaban J connectivity index is 1.30. The molecule has 1 heterocycles. The first kappa shape index (κ1) is 61.7. The molecule has 1 amide bonds. The van der Waals surface area contributed by atoms with Gasteiger partial charge in [-0.05, 0) is 79.9 Å². The molecule has 444 valence electrons. The van der Waals surface area contributed by atoms with Crippen LogP contribution in [0, 0.1) is 16.7 Å². The number of fused-ring (bicyclic) bond motifs is 5. The summed E-state index contributed by atoms with van der Waals surface area (Å²) in [7, 11) is 0. The summed E-state index contributed by atoms with van der Waals surface area (Å²) in [4.78, 5) is 104. The Kier molecular flexibility index (Phi) is 19.1. The number of rotatable bonds is 21. The van der Waals surface area contributed by atoms with Crippen LogP contribution in [-0.4, -0.2) is 143 Å². The van der Waals surface area contributed by atoms with Gasteiger partial charge in [0.25, 0.3) is 5.91 Å². The van der Waals surface area contributed by atoms with Gasteiger partial charge in [-0.2, -0.15) is 0 Å². The number of benzene rings is 4. The van der Waals surface area contributed by atoms with Gasteiger partial charge in [-0.25, -0.2) is 18.8 Å². The fourth-order valence-electron chi connectivity index (χ4n) is 12.5. The van der Waals surface area contributed by atoms with Crippen LogP contribution in [0.2, 0.25) is 0 Å². The van der Waals surface area contributed by atoms with Crippen molar-refractivity contribution in [1.82, 2.24) is 10.2 Å². The highest BCUT2D eigenvalue weighted by atomic mass is 19.1. The molecular weight excluding hydrogens is 1080 g/mol. The van der Waals surface area contributed by atoms with Crippen LogP contribution in [0.1, 0.15) is 113 Å². The van der Waals surface area contributed by atoms with Crippen molar-refractivity contribution in [2.24, 2.45) is 16.7 Å². The summed E-state index contributed by atoms with van der Waals surface area (Å²) in [6, 6.07) is 31.0. The van der Waals surface area contributed by atoms with Crippen molar-refractivity contribution in [2.45, 2.75) is 148 Å². The second-order valence-electron chi connectivity index (χ2n) is 22.3. The normalized spacial score (nSPS) is 27.5. The molecule has 4 aromatic carbocycles. The van der Waals surface area contributed by atoms with Gasteiger partial charge in [0.2, 0.25) is 0 Å². The molecule has 3 N–H and O–H groups in total.